The molecule has 372 valence electrons. The lowest BCUT2D eigenvalue weighted by atomic mass is 9.85. The summed E-state index contributed by atoms with van der Waals surface area (Å²) in [5.41, 5.74) is 0. The average Bonchev–Trinajstić information content (AvgIpc) is 3.28. The largest absolute Gasteiger partial charge is 0.472 e. The molecule has 6 N–H and O–H groups in total. The highest BCUT2D eigenvalue weighted by atomic mass is 31.2. The summed E-state index contributed by atoms with van der Waals surface area (Å²) in [6.07, 6.45) is 34.4. The first kappa shape index (κ1) is 59.8. The fourth-order valence-electron chi connectivity index (χ4n) is 7.46. The number of allylic oxidation sites excluding steroid dienone is 8. The predicted molar refractivity (Wildman–Crippen MR) is 253 cm³/mol. The molecule has 0 amide bonds. The summed E-state index contributed by atoms with van der Waals surface area (Å²) in [5, 5.41) is 50.2. The van der Waals surface area contributed by atoms with Crippen LogP contribution in [0.2, 0.25) is 0 Å². The summed E-state index contributed by atoms with van der Waals surface area (Å²) in [6.45, 7) is 3.19. The Morgan fingerprint density at radius 2 is 0.891 bits per heavy atom. The Hall–Kier alpha value is -2.19. The molecule has 14 heteroatoms. The van der Waals surface area contributed by atoms with Crippen LogP contribution in [0.1, 0.15) is 200 Å². The number of rotatable bonds is 41. The maximum Gasteiger partial charge on any atom is 0.472 e. The van der Waals surface area contributed by atoms with Gasteiger partial charge in [-0.15, -0.1) is 0 Å². The van der Waals surface area contributed by atoms with Crippen molar-refractivity contribution in [3.8, 4) is 0 Å². The van der Waals surface area contributed by atoms with Crippen molar-refractivity contribution < 1.29 is 63.1 Å². The molecular formula is C50H89O13P. The van der Waals surface area contributed by atoms with Crippen molar-refractivity contribution in [3.63, 3.8) is 0 Å². The molecule has 1 aliphatic rings. The number of hydrogen-bond donors (Lipinski definition) is 6. The topological polar surface area (TPSA) is 210 Å². The molecule has 6 atom stereocenters. The SMILES string of the molecule is CC/C=C\C/C=C\C/C=C\C/C=C\CCCCCCC(=O)OC(COC(=O)CCCCCCCCCCCCCCCCCCCC)COP(=O)(O)OC1C(O)C(O)C(O)C(O)C1O. The van der Waals surface area contributed by atoms with Crippen molar-refractivity contribution in [1.82, 2.24) is 0 Å². The highest BCUT2D eigenvalue weighted by molar-refractivity contribution is 7.47. The summed E-state index contributed by atoms with van der Waals surface area (Å²) in [6, 6.07) is 0. The molecular weight excluding hydrogens is 840 g/mol. The monoisotopic (exact) mass is 929 g/mol. The minimum atomic E-state index is -5.13. The zero-order valence-corrected chi connectivity index (χ0v) is 40.5. The Morgan fingerprint density at radius 1 is 0.500 bits per heavy atom. The predicted octanol–water partition coefficient (Wildman–Crippen LogP) is 10.3. The third-order valence-corrected chi connectivity index (χ3v) is 12.4. The summed E-state index contributed by atoms with van der Waals surface area (Å²) in [7, 11) is -5.13. The first-order valence-corrected chi connectivity index (χ1v) is 26.4. The number of carbonyl (C=O) groups is 2. The number of phosphoric ester groups is 1. The molecule has 0 aromatic rings. The van der Waals surface area contributed by atoms with E-state index >= 15 is 0 Å². The second-order valence-corrected chi connectivity index (χ2v) is 18.7. The third kappa shape index (κ3) is 31.7. The van der Waals surface area contributed by atoms with E-state index in [9.17, 15) is 44.6 Å². The van der Waals surface area contributed by atoms with E-state index in [1.807, 2.05) is 0 Å². The van der Waals surface area contributed by atoms with Gasteiger partial charge in [-0.05, 0) is 51.4 Å². The maximum atomic E-state index is 12.8. The van der Waals surface area contributed by atoms with E-state index in [1.54, 1.807) is 0 Å². The van der Waals surface area contributed by atoms with Gasteiger partial charge in [0.1, 0.15) is 43.2 Å². The van der Waals surface area contributed by atoms with Gasteiger partial charge in [-0.25, -0.2) is 4.57 Å². The number of carbonyl (C=O) groups excluding carboxylic acids is 2. The van der Waals surface area contributed by atoms with Gasteiger partial charge in [0.2, 0.25) is 0 Å². The van der Waals surface area contributed by atoms with Gasteiger partial charge in [0, 0.05) is 12.8 Å². The molecule has 64 heavy (non-hydrogen) atoms. The molecule has 0 saturated heterocycles. The van der Waals surface area contributed by atoms with Crippen LogP contribution in [0.5, 0.6) is 0 Å². The van der Waals surface area contributed by atoms with Crippen molar-refractivity contribution in [3.05, 3.63) is 48.6 Å². The Bertz CT molecular complexity index is 1300. The average molecular weight is 929 g/mol. The fraction of sp³-hybridized carbons (Fsp3) is 0.800. The van der Waals surface area contributed by atoms with Gasteiger partial charge < -0.3 is 39.9 Å². The summed E-state index contributed by atoms with van der Waals surface area (Å²) in [4.78, 5) is 35.8. The number of phosphoric acid groups is 1. The first-order valence-electron chi connectivity index (χ1n) is 24.9. The molecule has 0 bridgehead atoms. The molecule has 13 nitrogen and oxygen atoms in total. The van der Waals surface area contributed by atoms with Crippen LogP contribution in [-0.2, 0) is 32.7 Å². The molecule has 6 unspecified atom stereocenters. The smallest absolute Gasteiger partial charge is 0.462 e. The van der Waals surface area contributed by atoms with Gasteiger partial charge in [0.05, 0.1) is 6.61 Å². The number of aliphatic hydroxyl groups excluding tert-OH is 5. The molecule has 1 fully saturated rings. The highest BCUT2D eigenvalue weighted by Crippen LogP contribution is 2.47. The van der Waals surface area contributed by atoms with Gasteiger partial charge in [-0.2, -0.15) is 0 Å². The Morgan fingerprint density at radius 3 is 1.36 bits per heavy atom. The van der Waals surface area contributed by atoms with E-state index in [-0.39, 0.29) is 12.8 Å². The van der Waals surface area contributed by atoms with Crippen LogP contribution in [0.15, 0.2) is 48.6 Å². The van der Waals surface area contributed by atoms with Crippen LogP contribution in [0.25, 0.3) is 0 Å². The van der Waals surface area contributed by atoms with Crippen molar-refractivity contribution in [2.45, 2.75) is 243 Å². The van der Waals surface area contributed by atoms with E-state index in [2.05, 4.69) is 62.5 Å². The normalized spacial score (nSPS) is 21.9. The fourth-order valence-corrected chi connectivity index (χ4v) is 8.43. The Labute approximate surface area is 386 Å². The first-order chi connectivity index (χ1) is 30.9. The van der Waals surface area contributed by atoms with Crippen LogP contribution in [0, 0.1) is 0 Å². The number of esters is 2. The molecule has 0 spiro atoms. The van der Waals surface area contributed by atoms with Gasteiger partial charge in [0.15, 0.2) is 6.10 Å². The lowest BCUT2D eigenvalue weighted by molar-refractivity contribution is -0.220. The van der Waals surface area contributed by atoms with Gasteiger partial charge in [-0.3, -0.25) is 18.6 Å². The van der Waals surface area contributed by atoms with Gasteiger partial charge in [-0.1, -0.05) is 184 Å². The number of hydrogen-bond acceptors (Lipinski definition) is 12. The van der Waals surface area contributed by atoms with E-state index in [0.29, 0.717) is 12.8 Å². The minimum Gasteiger partial charge on any atom is -0.462 e. The minimum absolute atomic E-state index is 0.0690. The molecule has 0 aromatic heterocycles. The Kier molecular flexibility index (Phi) is 37.3. The van der Waals surface area contributed by atoms with Crippen molar-refractivity contribution >= 4 is 19.8 Å². The zero-order chi connectivity index (χ0) is 47.1. The standard InChI is InChI=1S/C50H89O13P/c1-3-5-7-9-11-13-15-17-19-21-23-24-26-28-30-32-34-36-38-43(51)60-40-42(41-61-64(58,59)63-50-48(56)46(54)45(53)47(55)49(50)57)62-44(52)39-37-35-33-31-29-27-25-22-20-18-16-14-12-10-8-6-4-2/h6,8,12,14,18,20,25,27,42,45-50,53-57H,3-5,7,9-11,13,15-17,19,21-24,26,28-41H2,1-2H3,(H,58,59)/b8-6-,14-12-,20-18-,27-25-. The number of unbranched alkanes of at least 4 members (excludes halogenated alkanes) is 21. The quantitative estimate of drug-likeness (QED) is 0.0146. The van der Waals surface area contributed by atoms with E-state index < -0.39 is 75.7 Å². The van der Waals surface area contributed by atoms with Crippen molar-refractivity contribution in [2.75, 3.05) is 13.2 Å². The summed E-state index contributed by atoms with van der Waals surface area (Å²) in [5.74, 6) is -1.12. The second kappa shape index (κ2) is 39.9. The molecule has 1 rings (SSSR count). The highest BCUT2D eigenvalue weighted by Gasteiger charge is 2.51. The molecule has 0 aliphatic heterocycles. The van der Waals surface area contributed by atoms with Crippen LogP contribution in [0.4, 0.5) is 0 Å². The van der Waals surface area contributed by atoms with E-state index in [0.717, 1.165) is 70.6 Å². The summed E-state index contributed by atoms with van der Waals surface area (Å²) < 4.78 is 33.6. The Balaban J connectivity index is 2.43. The molecule has 1 saturated carbocycles. The van der Waals surface area contributed by atoms with Crippen molar-refractivity contribution in [2.24, 2.45) is 0 Å². The van der Waals surface area contributed by atoms with Crippen LogP contribution in [0.3, 0.4) is 0 Å². The summed E-state index contributed by atoms with van der Waals surface area (Å²) >= 11 is 0. The van der Waals surface area contributed by atoms with E-state index in [1.165, 1.54) is 89.9 Å². The zero-order valence-electron chi connectivity index (χ0n) is 39.6. The maximum absolute atomic E-state index is 12.8. The van der Waals surface area contributed by atoms with Crippen molar-refractivity contribution in [1.29, 1.82) is 0 Å². The van der Waals surface area contributed by atoms with E-state index in [4.69, 9.17) is 18.5 Å². The molecule has 0 aromatic carbocycles. The number of aliphatic hydroxyl groups is 5. The van der Waals surface area contributed by atoms with Crippen LogP contribution in [-0.4, -0.2) is 98.3 Å². The lowest BCUT2D eigenvalue weighted by Gasteiger charge is -2.41. The van der Waals surface area contributed by atoms with Gasteiger partial charge in [0.25, 0.3) is 0 Å². The van der Waals surface area contributed by atoms with Crippen LogP contribution < -0.4 is 0 Å². The molecule has 0 radical (unpaired) electrons. The third-order valence-electron chi connectivity index (χ3n) is 11.4. The number of ether oxygens (including phenoxy) is 2. The lowest BCUT2D eigenvalue weighted by Crippen LogP contribution is -2.64. The second-order valence-electron chi connectivity index (χ2n) is 17.3. The van der Waals surface area contributed by atoms with Gasteiger partial charge >= 0.3 is 19.8 Å². The van der Waals surface area contributed by atoms with Crippen LogP contribution >= 0.6 is 7.82 Å². The molecule has 0 heterocycles. The molecule has 1 aliphatic carbocycles.